The molecule has 5 aromatic rings. The molecular weight excluding hydrogens is 362 g/mol. The van der Waals surface area contributed by atoms with E-state index in [0.29, 0.717) is 0 Å². The second kappa shape index (κ2) is 6.18. The molecule has 0 saturated heterocycles. The minimum Gasteiger partial charge on any atom is -0.455 e. The number of furan rings is 1. The van der Waals surface area contributed by atoms with Crippen LogP contribution in [-0.4, -0.2) is 4.98 Å². The molecule has 0 aliphatic carbocycles. The van der Waals surface area contributed by atoms with Gasteiger partial charge in [-0.1, -0.05) is 32.9 Å². The lowest BCUT2D eigenvalue weighted by Gasteiger charge is -2.20. The number of aromatic nitrogens is 1. The third-order valence-corrected chi connectivity index (χ3v) is 6.16. The van der Waals surface area contributed by atoms with Crippen molar-refractivity contribution < 1.29 is 4.42 Å². The van der Waals surface area contributed by atoms with E-state index in [1.807, 2.05) is 6.20 Å². The molecule has 5 rings (SSSR count). The SMILES string of the molecule is Cc1cnc(-c2cccc3c2oc2cc4sccc4cc23)cc1CC(C)(C)C. The number of nitrogens with zero attached hydrogens (tertiary/aromatic N) is 1. The highest BCUT2D eigenvalue weighted by Gasteiger charge is 2.17. The summed E-state index contributed by atoms with van der Waals surface area (Å²) >= 11 is 1.75. The number of fused-ring (bicyclic) bond motifs is 4. The first-order valence-electron chi connectivity index (χ1n) is 9.67. The minimum absolute atomic E-state index is 0.237. The van der Waals surface area contributed by atoms with Gasteiger partial charge in [-0.3, -0.25) is 4.98 Å². The number of aryl methyl sites for hydroxylation is 1. The molecule has 0 unspecified atom stereocenters. The molecule has 3 heteroatoms. The van der Waals surface area contributed by atoms with Crippen LogP contribution in [0.4, 0.5) is 0 Å². The van der Waals surface area contributed by atoms with Gasteiger partial charge in [0.05, 0.1) is 5.69 Å². The van der Waals surface area contributed by atoms with Crippen molar-refractivity contribution in [3.8, 4) is 11.3 Å². The molecule has 0 aliphatic heterocycles. The largest absolute Gasteiger partial charge is 0.455 e. The molecule has 2 nitrogen and oxygen atoms in total. The first-order valence-corrected chi connectivity index (χ1v) is 10.6. The highest BCUT2D eigenvalue weighted by Crippen LogP contribution is 2.38. The highest BCUT2D eigenvalue weighted by atomic mass is 32.1. The van der Waals surface area contributed by atoms with Crippen LogP contribution in [0.25, 0.3) is 43.3 Å². The second-order valence-corrected chi connectivity index (χ2v) is 9.77. The molecule has 3 aromatic heterocycles. The second-order valence-electron chi connectivity index (χ2n) is 8.82. The minimum atomic E-state index is 0.237. The lowest BCUT2D eigenvalue weighted by atomic mass is 9.86. The first-order chi connectivity index (χ1) is 13.4. The number of thiophene rings is 1. The average Bonchev–Trinajstić information content (AvgIpc) is 3.23. The van der Waals surface area contributed by atoms with E-state index in [9.17, 15) is 0 Å². The molecule has 28 heavy (non-hydrogen) atoms. The predicted octanol–water partition coefficient (Wildman–Crippen LogP) is 7.76. The molecule has 0 amide bonds. The Morgan fingerprint density at radius 2 is 1.89 bits per heavy atom. The van der Waals surface area contributed by atoms with Gasteiger partial charge in [-0.15, -0.1) is 11.3 Å². The van der Waals surface area contributed by atoms with E-state index in [1.54, 1.807) is 11.3 Å². The standard InChI is InChI=1S/C25H23NOS/c1-15-14-26-21(11-17(15)13-25(2,3)4)19-7-5-6-18-20-10-16-8-9-28-23(16)12-22(20)27-24(18)19/h5-12,14H,13H2,1-4H3. The summed E-state index contributed by atoms with van der Waals surface area (Å²) in [6.07, 6.45) is 3.02. The van der Waals surface area contributed by atoms with E-state index in [-0.39, 0.29) is 5.41 Å². The Morgan fingerprint density at radius 3 is 2.71 bits per heavy atom. The smallest absolute Gasteiger partial charge is 0.144 e. The number of rotatable bonds is 2. The van der Waals surface area contributed by atoms with Crippen LogP contribution in [0, 0.1) is 12.3 Å². The fourth-order valence-electron chi connectivity index (χ4n) is 3.93. The van der Waals surface area contributed by atoms with Gasteiger partial charge in [-0.25, -0.2) is 0 Å². The summed E-state index contributed by atoms with van der Waals surface area (Å²) in [4.78, 5) is 4.75. The van der Waals surface area contributed by atoms with Gasteiger partial charge >= 0.3 is 0 Å². The van der Waals surface area contributed by atoms with E-state index in [2.05, 4.69) is 75.5 Å². The summed E-state index contributed by atoms with van der Waals surface area (Å²) < 4.78 is 7.61. The lowest BCUT2D eigenvalue weighted by Crippen LogP contribution is -2.10. The zero-order valence-corrected chi connectivity index (χ0v) is 17.5. The molecule has 0 fully saturated rings. The normalized spacial score (nSPS) is 12.4. The predicted molar refractivity (Wildman–Crippen MR) is 120 cm³/mol. The van der Waals surface area contributed by atoms with E-state index in [4.69, 9.17) is 9.40 Å². The summed E-state index contributed by atoms with van der Waals surface area (Å²) in [6.45, 7) is 8.97. The van der Waals surface area contributed by atoms with Crippen LogP contribution in [-0.2, 0) is 6.42 Å². The van der Waals surface area contributed by atoms with Gasteiger partial charge in [0.2, 0.25) is 0 Å². The van der Waals surface area contributed by atoms with Gasteiger partial charge < -0.3 is 4.42 Å². The topological polar surface area (TPSA) is 26.0 Å². The quantitative estimate of drug-likeness (QED) is 0.310. The van der Waals surface area contributed by atoms with Crippen molar-refractivity contribution in [2.24, 2.45) is 5.41 Å². The van der Waals surface area contributed by atoms with Crippen molar-refractivity contribution >= 4 is 43.4 Å². The van der Waals surface area contributed by atoms with Crippen molar-refractivity contribution in [2.45, 2.75) is 34.1 Å². The maximum absolute atomic E-state index is 6.35. The summed E-state index contributed by atoms with van der Waals surface area (Å²) in [5, 5.41) is 5.72. The van der Waals surface area contributed by atoms with Gasteiger partial charge in [0.15, 0.2) is 0 Å². The van der Waals surface area contributed by atoms with E-state index in [0.717, 1.165) is 34.2 Å². The molecule has 140 valence electrons. The van der Waals surface area contributed by atoms with Crippen molar-refractivity contribution in [3.05, 3.63) is 65.2 Å². The lowest BCUT2D eigenvalue weighted by molar-refractivity contribution is 0.410. The van der Waals surface area contributed by atoms with Gasteiger partial charge in [-0.2, -0.15) is 0 Å². The molecule has 3 heterocycles. The summed E-state index contributed by atoms with van der Waals surface area (Å²) in [6, 6.07) is 15.2. The van der Waals surface area contributed by atoms with Crippen molar-refractivity contribution in [3.63, 3.8) is 0 Å². The number of hydrogen-bond acceptors (Lipinski definition) is 3. The number of benzene rings is 2. The molecule has 2 aromatic carbocycles. The van der Waals surface area contributed by atoms with Gasteiger partial charge in [0.1, 0.15) is 11.2 Å². The Bertz CT molecular complexity index is 1330. The van der Waals surface area contributed by atoms with Crippen molar-refractivity contribution in [2.75, 3.05) is 0 Å². The molecule has 0 spiro atoms. The molecule has 0 atom stereocenters. The number of para-hydroxylation sites is 1. The van der Waals surface area contributed by atoms with Crippen LogP contribution in [0.15, 0.2) is 58.5 Å². The van der Waals surface area contributed by atoms with Gasteiger partial charge in [0, 0.05) is 27.2 Å². The Hall–Kier alpha value is -2.65. The van der Waals surface area contributed by atoms with E-state index < -0.39 is 0 Å². The number of pyridine rings is 1. The van der Waals surface area contributed by atoms with Crippen LogP contribution < -0.4 is 0 Å². The van der Waals surface area contributed by atoms with Crippen LogP contribution in [0.2, 0.25) is 0 Å². The van der Waals surface area contributed by atoms with Crippen molar-refractivity contribution in [1.29, 1.82) is 0 Å². The highest BCUT2D eigenvalue weighted by molar-refractivity contribution is 7.17. The zero-order chi connectivity index (χ0) is 19.5. The molecule has 0 radical (unpaired) electrons. The maximum Gasteiger partial charge on any atom is 0.144 e. The van der Waals surface area contributed by atoms with Crippen LogP contribution in [0.5, 0.6) is 0 Å². The Labute approximate surface area is 168 Å². The van der Waals surface area contributed by atoms with E-state index >= 15 is 0 Å². The van der Waals surface area contributed by atoms with Gasteiger partial charge in [0.25, 0.3) is 0 Å². The monoisotopic (exact) mass is 385 g/mol. The average molecular weight is 386 g/mol. The van der Waals surface area contributed by atoms with Gasteiger partial charge in [-0.05, 0) is 71.0 Å². The van der Waals surface area contributed by atoms with Crippen LogP contribution >= 0.6 is 11.3 Å². The summed E-state index contributed by atoms with van der Waals surface area (Å²) in [5.41, 5.74) is 6.75. The third-order valence-electron chi connectivity index (χ3n) is 5.28. The third kappa shape index (κ3) is 2.91. The van der Waals surface area contributed by atoms with Crippen LogP contribution in [0.3, 0.4) is 0 Å². The summed E-state index contributed by atoms with van der Waals surface area (Å²) in [7, 11) is 0. The Morgan fingerprint density at radius 1 is 1.04 bits per heavy atom. The molecule has 0 N–H and O–H groups in total. The zero-order valence-electron chi connectivity index (χ0n) is 16.7. The molecule has 0 saturated carbocycles. The number of hydrogen-bond donors (Lipinski definition) is 0. The summed E-state index contributed by atoms with van der Waals surface area (Å²) in [5.74, 6) is 0. The Balaban J connectivity index is 1.73. The van der Waals surface area contributed by atoms with Crippen LogP contribution in [0.1, 0.15) is 31.9 Å². The first kappa shape index (κ1) is 17.4. The molecule has 0 bridgehead atoms. The van der Waals surface area contributed by atoms with E-state index in [1.165, 1.54) is 26.6 Å². The molecular formula is C25H23NOS. The maximum atomic E-state index is 6.35. The molecule has 0 aliphatic rings. The fraction of sp³-hybridized carbons (Fsp3) is 0.240. The van der Waals surface area contributed by atoms with Crippen molar-refractivity contribution in [1.82, 2.24) is 4.98 Å². The fourth-order valence-corrected chi connectivity index (χ4v) is 4.73. The Kier molecular flexibility index (Phi) is 3.85.